The normalized spacial score (nSPS) is 23.9. The lowest BCUT2D eigenvalue weighted by molar-refractivity contribution is 0.318. The van der Waals surface area contributed by atoms with Crippen molar-refractivity contribution in [1.82, 2.24) is 9.97 Å². The molecule has 1 aromatic rings. The summed E-state index contributed by atoms with van der Waals surface area (Å²) >= 11 is 2.05. The van der Waals surface area contributed by atoms with Gasteiger partial charge in [-0.3, -0.25) is 4.79 Å². The first kappa shape index (κ1) is 13.8. The van der Waals surface area contributed by atoms with Crippen LogP contribution in [0.2, 0.25) is 0 Å². The van der Waals surface area contributed by atoms with Crippen molar-refractivity contribution >= 4 is 28.4 Å². The average Bonchev–Trinajstić information content (AvgIpc) is 2.38. The van der Waals surface area contributed by atoms with Crippen LogP contribution < -0.4 is 10.9 Å². The number of aromatic amines is 1. The van der Waals surface area contributed by atoms with Crippen LogP contribution >= 0.6 is 22.6 Å². The molecule has 1 aromatic heterocycles. The summed E-state index contributed by atoms with van der Waals surface area (Å²) in [7, 11) is 0. The zero-order valence-corrected chi connectivity index (χ0v) is 12.9. The summed E-state index contributed by atoms with van der Waals surface area (Å²) in [5, 5.41) is 3.41. The molecule has 1 fully saturated rings. The van der Waals surface area contributed by atoms with E-state index >= 15 is 0 Å². The van der Waals surface area contributed by atoms with E-state index in [2.05, 4.69) is 22.2 Å². The third kappa shape index (κ3) is 3.46. The van der Waals surface area contributed by atoms with E-state index in [0.29, 0.717) is 9.61 Å². The maximum Gasteiger partial charge on any atom is 0.266 e. The van der Waals surface area contributed by atoms with Gasteiger partial charge in [0.2, 0.25) is 0 Å². The van der Waals surface area contributed by atoms with Crippen molar-refractivity contribution in [2.75, 3.05) is 5.32 Å². The van der Waals surface area contributed by atoms with Crippen molar-refractivity contribution in [2.24, 2.45) is 5.92 Å². The van der Waals surface area contributed by atoms with Gasteiger partial charge in [-0.1, -0.05) is 19.8 Å². The average molecular weight is 361 g/mol. The van der Waals surface area contributed by atoms with Crippen LogP contribution in [0.4, 0.5) is 5.82 Å². The van der Waals surface area contributed by atoms with Gasteiger partial charge in [-0.15, -0.1) is 0 Å². The molecule has 0 saturated heterocycles. The number of nitrogens with zero attached hydrogens (tertiary/aromatic N) is 1. The molecule has 100 valence electrons. The molecule has 0 atom stereocenters. The quantitative estimate of drug-likeness (QED) is 0.811. The van der Waals surface area contributed by atoms with Crippen molar-refractivity contribution in [3.05, 3.63) is 20.3 Å². The summed E-state index contributed by atoms with van der Waals surface area (Å²) in [5.41, 5.74) is -0.0623. The molecular weight excluding hydrogens is 341 g/mol. The van der Waals surface area contributed by atoms with Crippen LogP contribution in [0.1, 0.15) is 45.4 Å². The zero-order valence-electron chi connectivity index (χ0n) is 10.7. The molecule has 1 aliphatic rings. The van der Waals surface area contributed by atoms with E-state index in [9.17, 15) is 4.79 Å². The second kappa shape index (κ2) is 6.54. The minimum Gasteiger partial charge on any atom is -0.366 e. The summed E-state index contributed by atoms with van der Waals surface area (Å²) in [5.74, 6) is 1.64. The van der Waals surface area contributed by atoms with Crippen molar-refractivity contribution in [1.29, 1.82) is 0 Å². The molecule has 0 radical (unpaired) electrons. The molecule has 2 rings (SSSR count). The molecule has 5 heteroatoms. The fourth-order valence-corrected chi connectivity index (χ4v) is 3.13. The SMILES string of the molecule is CCCC1CCC(Nc2nc[nH]c(=O)c2I)CC1. The Morgan fingerprint density at radius 3 is 2.83 bits per heavy atom. The van der Waals surface area contributed by atoms with Crippen LogP contribution in [-0.4, -0.2) is 16.0 Å². The molecule has 0 spiro atoms. The van der Waals surface area contributed by atoms with E-state index in [1.54, 1.807) is 0 Å². The minimum absolute atomic E-state index is 0.0623. The second-order valence-corrected chi connectivity index (χ2v) is 6.12. The molecule has 0 aliphatic heterocycles. The van der Waals surface area contributed by atoms with E-state index in [4.69, 9.17) is 0 Å². The van der Waals surface area contributed by atoms with Crippen LogP contribution in [0.25, 0.3) is 0 Å². The molecule has 4 nitrogen and oxygen atoms in total. The Bertz CT molecular complexity index is 438. The van der Waals surface area contributed by atoms with Gasteiger partial charge in [-0.05, 0) is 54.2 Å². The topological polar surface area (TPSA) is 57.8 Å². The van der Waals surface area contributed by atoms with E-state index < -0.39 is 0 Å². The van der Waals surface area contributed by atoms with Gasteiger partial charge in [0.15, 0.2) is 0 Å². The first-order valence-corrected chi connectivity index (χ1v) is 7.78. The highest BCUT2D eigenvalue weighted by Gasteiger charge is 2.21. The summed E-state index contributed by atoms with van der Waals surface area (Å²) in [6.07, 6.45) is 9.08. The van der Waals surface area contributed by atoms with Gasteiger partial charge in [0.25, 0.3) is 5.56 Å². The van der Waals surface area contributed by atoms with Crippen molar-refractivity contribution in [2.45, 2.75) is 51.5 Å². The molecule has 0 aromatic carbocycles. The van der Waals surface area contributed by atoms with Gasteiger partial charge in [-0.2, -0.15) is 0 Å². The number of aromatic nitrogens is 2. The smallest absolute Gasteiger partial charge is 0.266 e. The van der Waals surface area contributed by atoms with Crippen molar-refractivity contribution in [3.63, 3.8) is 0 Å². The van der Waals surface area contributed by atoms with E-state index in [1.807, 2.05) is 22.6 Å². The predicted octanol–water partition coefficient (Wildman–Crippen LogP) is 3.15. The molecule has 0 unspecified atom stereocenters. The summed E-state index contributed by atoms with van der Waals surface area (Å²) in [6, 6.07) is 0.473. The van der Waals surface area contributed by atoms with Gasteiger partial charge in [0, 0.05) is 6.04 Å². The highest BCUT2D eigenvalue weighted by molar-refractivity contribution is 14.1. The number of hydrogen-bond donors (Lipinski definition) is 2. The lowest BCUT2D eigenvalue weighted by atomic mass is 9.83. The first-order valence-electron chi connectivity index (χ1n) is 6.70. The van der Waals surface area contributed by atoms with Crippen LogP contribution in [0, 0.1) is 9.49 Å². The molecule has 1 aliphatic carbocycles. The van der Waals surface area contributed by atoms with Crippen molar-refractivity contribution < 1.29 is 0 Å². The van der Waals surface area contributed by atoms with Crippen LogP contribution in [0.15, 0.2) is 11.1 Å². The van der Waals surface area contributed by atoms with Crippen molar-refractivity contribution in [3.8, 4) is 0 Å². The molecule has 1 heterocycles. The zero-order chi connectivity index (χ0) is 13.0. The number of halogens is 1. The number of hydrogen-bond acceptors (Lipinski definition) is 3. The Morgan fingerprint density at radius 1 is 1.44 bits per heavy atom. The van der Waals surface area contributed by atoms with Gasteiger partial charge in [0.05, 0.1) is 6.33 Å². The Labute approximate surface area is 121 Å². The molecular formula is C13H20IN3O. The van der Waals surface area contributed by atoms with E-state index in [-0.39, 0.29) is 5.56 Å². The Balaban J connectivity index is 1.92. The number of H-pyrrole nitrogens is 1. The third-order valence-corrected chi connectivity index (χ3v) is 4.68. The summed E-state index contributed by atoms with van der Waals surface area (Å²) < 4.78 is 0.658. The molecule has 0 bridgehead atoms. The largest absolute Gasteiger partial charge is 0.366 e. The molecule has 0 amide bonds. The fourth-order valence-electron chi connectivity index (χ4n) is 2.68. The minimum atomic E-state index is -0.0623. The fraction of sp³-hybridized carbons (Fsp3) is 0.692. The Hall–Kier alpha value is -0.590. The lowest BCUT2D eigenvalue weighted by Crippen LogP contribution is -2.28. The van der Waals surface area contributed by atoms with E-state index in [1.165, 1.54) is 44.9 Å². The molecule has 2 N–H and O–H groups in total. The lowest BCUT2D eigenvalue weighted by Gasteiger charge is -2.29. The number of rotatable bonds is 4. The highest BCUT2D eigenvalue weighted by Crippen LogP contribution is 2.29. The summed E-state index contributed by atoms with van der Waals surface area (Å²) in [6.45, 7) is 2.26. The molecule has 18 heavy (non-hydrogen) atoms. The maximum atomic E-state index is 11.5. The highest BCUT2D eigenvalue weighted by atomic mass is 127. The molecule has 1 saturated carbocycles. The standard InChI is InChI=1S/C13H20IN3O/c1-2-3-9-4-6-10(7-5-9)17-12-11(14)13(18)16-8-15-12/h8-10H,2-7H2,1H3,(H2,15,16,17,18). The number of nitrogens with one attached hydrogen (secondary N) is 2. The van der Waals surface area contributed by atoms with Gasteiger partial charge in [0.1, 0.15) is 9.39 Å². The summed E-state index contributed by atoms with van der Waals surface area (Å²) in [4.78, 5) is 18.3. The maximum absolute atomic E-state index is 11.5. The Kier molecular flexibility index (Phi) is 5.03. The second-order valence-electron chi connectivity index (χ2n) is 5.04. The Morgan fingerprint density at radius 2 is 2.17 bits per heavy atom. The van der Waals surface area contributed by atoms with Gasteiger partial charge < -0.3 is 10.3 Å². The van der Waals surface area contributed by atoms with E-state index in [0.717, 1.165) is 11.7 Å². The monoisotopic (exact) mass is 361 g/mol. The van der Waals surface area contributed by atoms with Crippen LogP contribution in [-0.2, 0) is 0 Å². The van der Waals surface area contributed by atoms with Gasteiger partial charge in [-0.25, -0.2) is 4.98 Å². The van der Waals surface area contributed by atoms with Gasteiger partial charge >= 0.3 is 0 Å². The van der Waals surface area contributed by atoms with Crippen LogP contribution in [0.3, 0.4) is 0 Å². The first-order chi connectivity index (χ1) is 8.70. The van der Waals surface area contributed by atoms with Crippen LogP contribution in [0.5, 0.6) is 0 Å². The number of anilines is 1. The predicted molar refractivity (Wildman–Crippen MR) is 81.9 cm³/mol. The third-order valence-electron chi connectivity index (χ3n) is 3.68.